The van der Waals surface area contributed by atoms with E-state index in [0.717, 1.165) is 29.9 Å². The van der Waals surface area contributed by atoms with Gasteiger partial charge >= 0.3 is 0 Å². The van der Waals surface area contributed by atoms with Crippen LogP contribution >= 0.6 is 11.3 Å². The fourth-order valence-electron chi connectivity index (χ4n) is 6.30. The Hall–Kier alpha value is -4.21. The summed E-state index contributed by atoms with van der Waals surface area (Å²) < 4.78 is 3.75. The minimum Gasteiger partial charge on any atom is -0.292 e. The monoisotopic (exact) mass is 550 g/mol. The van der Waals surface area contributed by atoms with Crippen molar-refractivity contribution < 1.29 is 0 Å². The maximum Gasteiger partial charge on any atom is 0.138 e. The first-order chi connectivity index (χ1) is 20.2. The number of nitrogens with zero attached hydrogens (tertiary/aromatic N) is 2. The Bertz CT molecular complexity index is 1980. The molecule has 1 aliphatic rings. The molecule has 7 rings (SSSR count). The predicted molar refractivity (Wildman–Crippen MR) is 179 cm³/mol. The van der Waals surface area contributed by atoms with E-state index in [9.17, 15) is 0 Å². The second kappa shape index (κ2) is 10.6. The third kappa shape index (κ3) is 4.36. The van der Waals surface area contributed by atoms with E-state index < -0.39 is 0 Å². The van der Waals surface area contributed by atoms with E-state index in [1.807, 2.05) is 11.3 Å². The topological polar surface area (TPSA) is 17.8 Å². The molecule has 0 radical (unpaired) electrons. The third-order valence-corrected chi connectivity index (χ3v) is 9.75. The number of benzene rings is 3. The standard InChI is InChI=1S/C38H34N2S/c1-4-14-28(25(3)5-2)27-23-33(26-15-8-6-9-16-26)39-36(24-27)40-34-19-13-12-17-29(34)31-21-22-32-30-18-10-7-11-20-35(30)41-38(32)37(31)40/h4,6,8-25,28H,5,7H2,1-3H3/b14-4-. The van der Waals surface area contributed by atoms with Crippen LogP contribution < -0.4 is 0 Å². The van der Waals surface area contributed by atoms with Gasteiger partial charge in [0.15, 0.2) is 0 Å². The Labute approximate surface area is 246 Å². The Morgan fingerprint density at radius 1 is 0.902 bits per heavy atom. The van der Waals surface area contributed by atoms with E-state index in [2.05, 4.69) is 141 Å². The van der Waals surface area contributed by atoms with Crippen LogP contribution in [0.4, 0.5) is 0 Å². The van der Waals surface area contributed by atoms with Gasteiger partial charge < -0.3 is 0 Å². The second-order valence-corrected chi connectivity index (χ2v) is 12.1. The molecule has 202 valence electrons. The number of thiophene rings is 1. The maximum absolute atomic E-state index is 5.39. The van der Waals surface area contributed by atoms with Gasteiger partial charge in [0.25, 0.3) is 0 Å². The number of hydrogen-bond acceptors (Lipinski definition) is 2. The molecule has 1 aliphatic carbocycles. The van der Waals surface area contributed by atoms with Crippen LogP contribution in [0.3, 0.4) is 0 Å². The molecule has 0 fully saturated rings. The van der Waals surface area contributed by atoms with Gasteiger partial charge in [-0.1, -0.05) is 111 Å². The maximum atomic E-state index is 5.39. The van der Waals surface area contributed by atoms with Gasteiger partial charge in [-0.15, -0.1) is 11.3 Å². The van der Waals surface area contributed by atoms with Crippen LogP contribution in [0.5, 0.6) is 0 Å². The summed E-state index contributed by atoms with van der Waals surface area (Å²) in [4.78, 5) is 6.72. The molecule has 2 nitrogen and oxygen atoms in total. The fraction of sp³-hybridized carbons (Fsp3) is 0.184. The van der Waals surface area contributed by atoms with E-state index in [4.69, 9.17) is 4.98 Å². The van der Waals surface area contributed by atoms with E-state index >= 15 is 0 Å². The number of fused-ring (bicyclic) bond motifs is 7. The molecule has 0 spiro atoms. The summed E-state index contributed by atoms with van der Waals surface area (Å²) in [5.74, 6) is 1.81. The molecule has 0 N–H and O–H groups in total. The van der Waals surface area contributed by atoms with Crippen LogP contribution in [0.25, 0.3) is 61.1 Å². The number of allylic oxidation sites excluding steroid dienone is 4. The molecule has 0 amide bonds. The number of hydrogen-bond donors (Lipinski definition) is 0. The van der Waals surface area contributed by atoms with Crippen molar-refractivity contribution in [1.82, 2.24) is 9.55 Å². The first-order valence-corrected chi connectivity index (χ1v) is 15.5. The van der Waals surface area contributed by atoms with Gasteiger partial charge in [0.1, 0.15) is 5.82 Å². The highest BCUT2D eigenvalue weighted by Gasteiger charge is 2.22. The average Bonchev–Trinajstić information content (AvgIpc) is 3.45. The number of pyridine rings is 1. The highest BCUT2D eigenvalue weighted by atomic mass is 32.1. The molecular weight excluding hydrogens is 516 g/mol. The Kier molecular flexibility index (Phi) is 6.68. The average molecular weight is 551 g/mol. The number of aromatic nitrogens is 2. The molecule has 41 heavy (non-hydrogen) atoms. The van der Waals surface area contributed by atoms with E-state index in [1.54, 1.807) is 0 Å². The highest BCUT2D eigenvalue weighted by Crippen LogP contribution is 2.43. The minimum absolute atomic E-state index is 0.315. The van der Waals surface area contributed by atoms with Gasteiger partial charge in [0, 0.05) is 38.1 Å². The Balaban J connectivity index is 1.59. The summed E-state index contributed by atoms with van der Waals surface area (Å²) >= 11 is 1.90. The fourth-order valence-corrected chi connectivity index (χ4v) is 7.56. The van der Waals surface area contributed by atoms with Crippen molar-refractivity contribution in [2.75, 3.05) is 0 Å². The lowest BCUT2D eigenvalue weighted by Gasteiger charge is -2.22. The predicted octanol–water partition coefficient (Wildman–Crippen LogP) is 11.2. The molecule has 0 bridgehead atoms. The van der Waals surface area contributed by atoms with E-state index in [0.29, 0.717) is 11.8 Å². The zero-order valence-corrected chi connectivity index (χ0v) is 24.7. The highest BCUT2D eigenvalue weighted by molar-refractivity contribution is 7.21. The van der Waals surface area contributed by atoms with Gasteiger partial charge in [-0.2, -0.15) is 0 Å². The molecular formula is C38H34N2S. The van der Waals surface area contributed by atoms with Gasteiger partial charge in [0.2, 0.25) is 0 Å². The van der Waals surface area contributed by atoms with Gasteiger partial charge in [-0.25, -0.2) is 4.98 Å². The summed E-state index contributed by atoms with van der Waals surface area (Å²) in [6, 6.07) is 28.7. The van der Waals surface area contributed by atoms with Crippen LogP contribution in [0.2, 0.25) is 0 Å². The third-order valence-electron chi connectivity index (χ3n) is 8.56. The molecule has 0 saturated carbocycles. The molecule has 0 aliphatic heterocycles. The van der Waals surface area contributed by atoms with Crippen LogP contribution in [-0.2, 0) is 0 Å². The molecule has 2 unspecified atom stereocenters. The zero-order valence-electron chi connectivity index (χ0n) is 23.8. The quantitative estimate of drug-likeness (QED) is 0.189. The lowest BCUT2D eigenvalue weighted by molar-refractivity contribution is 0.506. The van der Waals surface area contributed by atoms with Crippen molar-refractivity contribution in [3.63, 3.8) is 0 Å². The van der Waals surface area contributed by atoms with Crippen molar-refractivity contribution in [2.24, 2.45) is 5.92 Å². The van der Waals surface area contributed by atoms with Crippen LogP contribution in [-0.4, -0.2) is 9.55 Å². The zero-order chi connectivity index (χ0) is 27.9. The van der Waals surface area contributed by atoms with Crippen molar-refractivity contribution in [2.45, 2.75) is 39.5 Å². The molecule has 3 aromatic heterocycles. The van der Waals surface area contributed by atoms with E-state index in [1.165, 1.54) is 47.9 Å². The van der Waals surface area contributed by atoms with Crippen molar-refractivity contribution >= 4 is 55.4 Å². The Morgan fingerprint density at radius 3 is 2.51 bits per heavy atom. The largest absolute Gasteiger partial charge is 0.292 e. The summed E-state index contributed by atoms with van der Waals surface area (Å²) in [6.45, 7) is 6.77. The normalized spacial score (nSPS) is 14.7. The molecule has 3 heterocycles. The second-order valence-electron chi connectivity index (χ2n) is 11.1. The van der Waals surface area contributed by atoms with Crippen molar-refractivity contribution in [3.8, 4) is 17.1 Å². The molecule has 2 atom stereocenters. The van der Waals surface area contributed by atoms with Crippen LogP contribution in [0.1, 0.15) is 55.5 Å². The molecule has 3 heteroatoms. The van der Waals surface area contributed by atoms with Gasteiger partial charge in [-0.3, -0.25) is 4.57 Å². The summed E-state index contributed by atoms with van der Waals surface area (Å²) in [7, 11) is 0. The first kappa shape index (κ1) is 25.7. The lowest BCUT2D eigenvalue weighted by Crippen LogP contribution is -2.09. The van der Waals surface area contributed by atoms with Crippen LogP contribution in [0.15, 0.2) is 103 Å². The Morgan fingerprint density at radius 2 is 1.68 bits per heavy atom. The molecule has 0 saturated heterocycles. The summed E-state index contributed by atoms with van der Waals surface area (Å²) in [5, 5.41) is 3.85. The SMILES string of the molecule is C/C=C\C(c1cc(-c2ccccc2)nc(-n2c3ccccc3c3ccc4c5c(sc4c32)C=CCC=C5)c1)C(C)CC. The first-order valence-electron chi connectivity index (χ1n) is 14.7. The summed E-state index contributed by atoms with van der Waals surface area (Å²) in [6.07, 6.45) is 15.8. The smallest absolute Gasteiger partial charge is 0.138 e. The van der Waals surface area contributed by atoms with Gasteiger partial charge in [0.05, 0.1) is 21.4 Å². The van der Waals surface area contributed by atoms with Crippen molar-refractivity contribution in [1.29, 1.82) is 0 Å². The lowest BCUT2D eigenvalue weighted by atomic mass is 9.85. The number of para-hydroxylation sites is 1. The van der Waals surface area contributed by atoms with Gasteiger partial charge in [-0.05, 0) is 49.1 Å². The summed E-state index contributed by atoms with van der Waals surface area (Å²) in [5.41, 5.74) is 7.24. The van der Waals surface area contributed by atoms with Crippen LogP contribution in [0, 0.1) is 5.92 Å². The molecule has 3 aromatic carbocycles. The minimum atomic E-state index is 0.315. The molecule has 6 aromatic rings. The van der Waals surface area contributed by atoms with Crippen molar-refractivity contribution in [3.05, 3.63) is 119 Å². The van der Waals surface area contributed by atoms with E-state index in [-0.39, 0.29) is 0 Å². The number of rotatable bonds is 6.